The van der Waals surface area contributed by atoms with E-state index in [1.807, 2.05) is 6.08 Å². The number of esters is 1. The first kappa shape index (κ1) is 22.9. The van der Waals surface area contributed by atoms with Gasteiger partial charge in [-0.25, -0.2) is 0 Å². The van der Waals surface area contributed by atoms with Gasteiger partial charge in [0.1, 0.15) is 14.0 Å². The van der Waals surface area contributed by atoms with Gasteiger partial charge in [-0.15, -0.1) is 11.5 Å². The molecular formula is C23H36O4Si. The summed E-state index contributed by atoms with van der Waals surface area (Å²) in [6.07, 6.45) is 3.75. The molecule has 0 radical (unpaired) electrons. The van der Waals surface area contributed by atoms with E-state index in [0.29, 0.717) is 29.7 Å². The van der Waals surface area contributed by atoms with E-state index >= 15 is 0 Å². The lowest BCUT2D eigenvalue weighted by Crippen LogP contribution is -2.45. The number of methoxy groups -OCH3 is 1. The monoisotopic (exact) mass is 404 g/mol. The van der Waals surface area contributed by atoms with Crippen molar-refractivity contribution in [3.63, 3.8) is 0 Å². The lowest BCUT2D eigenvalue weighted by atomic mass is 9.65. The summed E-state index contributed by atoms with van der Waals surface area (Å²) in [5.74, 6) is 1.78. The van der Waals surface area contributed by atoms with E-state index in [1.54, 1.807) is 0 Å². The normalized spacial score (nSPS) is 29.8. The zero-order valence-corrected chi connectivity index (χ0v) is 19.7. The van der Waals surface area contributed by atoms with Gasteiger partial charge in [0.15, 0.2) is 5.78 Å². The topological polar surface area (TPSA) is 52.6 Å². The van der Waals surface area contributed by atoms with Gasteiger partial charge in [0.2, 0.25) is 0 Å². The maximum Gasteiger partial charge on any atom is 0.316 e. The largest absolute Gasteiger partial charge is 0.468 e. The summed E-state index contributed by atoms with van der Waals surface area (Å²) in [5.41, 5.74) is 5.09. The van der Waals surface area contributed by atoms with Crippen molar-refractivity contribution in [1.29, 1.82) is 0 Å². The predicted octanol–water partition coefficient (Wildman–Crippen LogP) is 4.55. The molecule has 1 heterocycles. The molecule has 0 aromatic heterocycles. The SMILES string of the molecule is COC(=O)[C@H]1C(=O)C=C[C@@]2(C)CO[C@@H](CC#C[Si](C(C)C)(C(C)C)C(C)C)[C@H]12. The second-order valence-corrected chi connectivity index (χ2v) is 15.1. The van der Waals surface area contributed by atoms with Crippen molar-refractivity contribution >= 4 is 19.8 Å². The number of fused-ring (bicyclic) bond motifs is 1. The Morgan fingerprint density at radius 2 is 1.82 bits per heavy atom. The maximum absolute atomic E-state index is 12.5. The van der Waals surface area contributed by atoms with Gasteiger partial charge in [0, 0.05) is 17.8 Å². The number of hydrogen-bond acceptors (Lipinski definition) is 4. The van der Waals surface area contributed by atoms with Gasteiger partial charge in [0.05, 0.1) is 19.8 Å². The summed E-state index contributed by atoms with van der Waals surface area (Å²) in [7, 11) is -0.473. The van der Waals surface area contributed by atoms with E-state index in [9.17, 15) is 9.59 Å². The van der Waals surface area contributed by atoms with Crippen LogP contribution in [0, 0.1) is 28.7 Å². The van der Waals surface area contributed by atoms with Crippen molar-refractivity contribution in [3.05, 3.63) is 12.2 Å². The van der Waals surface area contributed by atoms with Gasteiger partial charge >= 0.3 is 5.97 Å². The highest BCUT2D eigenvalue weighted by molar-refractivity contribution is 6.90. The Bertz CT molecular complexity index is 675. The highest BCUT2D eigenvalue weighted by Gasteiger charge is 2.55. The number of hydrogen-bond donors (Lipinski definition) is 0. The summed E-state index contributed by atoms with van der Waals surface area (Å²) >= 11 is 0. The van der Waals surface area contributed by atoms with Gasteiger partial charge in [0.25, 0.3) is 0 Å². The quantitative estimate of drug-likeness (QED) is 0.292. The third-order valence-electron chi connectivity index (χ3n) is 6.99. The van der Waals surface area contributed by atoms with Crippen LogP contribution in [0.1, 0.15) is 54.9 Å². The van der Waals surface area contributed by atoms with Crippen LogP contribution in [0.15, 0.2) is 12.2 Å². The van der Waals surface area contributed by atoms with Crippen LogP contribution in [-0.2, 0) is 19.1 Å². The van der Waals surface area contributed by atoms with Crippen molar-refractivity contribution < 1.29 is 19.1 Å². The molecule has 0 aromatic rings. The molecule has 4 nitrogen and oxygen atoms in total. The zero-order chi connectivity index (χ0) is 21.3. The van der Waals surface area contributed by atoms with E-state index in [4.69, 9.17) is 9.47 Å². The molecule has 4 atom stereocenters. The van der Waals surface area contributed by atoms with Crippen LogP contribution in [0.4, 0.5) is 0 Å². The number of ketones is 1. The molecular weight excluding hydrogens is 368 g/mol. The molecule has 1 aliphatic carbocycles. The van der Waals surface area contributed by atoms with Crippen LogP contribution >= 0.6 is 0 Å². The molecule has 1 saturated heterocycles. The first-order valence-corrected chi connectivity index (χ1v) is 12.7. The van der Waals surface area contributed by atoms with E-state index < -0.39 is 20.0 Å². The zero-order valence-electron chi connectivity index (χ0n) is 18.7. The van der Waals surface area contributed by atoms with Gasteiger partial charge in [-0.05, 0) is 22.7 Å². The Balaban J connectivity index is 2.33. The summed E-state index contributed by atoms with van der Waals surface area (Å²) in [4.78, 5) is 24.8. The maximum atomic E-state index is 12.5. The summed E-state index contributed by atoms with van der Waals surface area (Å²) in [6, 6.07) is 0. The van der Waals surface area contributed by atoms with Gasteiger partial charge in [-0.1, -0.05) is 54.5 Å². The third kappa shape index (κ3) is 3.86. The fraction of sp³-hybridized carbons (Fsp3) is 0.739. The Labute approximate surface area is 171 Å². The Hall–Kier alpha value is -1.38. The second kappa shape index (κ2) is 8.55. The minimum Gasteiger partial charge on any atom is -0.468 e. The molecule has 0 spiro atoms. The minimum atomic E-state index is -1.81. The minimum absolute atomic E-state index is 0.187. The van der Waals surface area contributed by atoms with Gasteiger partial charge in [-0.2, -0.15) is 0 Å². The average molecular weight is 405 g/mol. The molecule has 0 unspecified atom stereocenters. The molecule has 1 aliphatic heterocycles. The molecule has 0 aromatic carbocycles. The van der Waals surface area contributed by atoms with Crippen molar-refractivity contribution in [2.24, 2.45) is 17.3 Å². The molecule has 28 heavy (non-hydrogen) atoms. The molecule has 1 fully saturated rings. The standard InChI is InChI=1S/C23H36O4Si/c1-15(2)28(16(3)4,17(5)6)13-9-10-19-21-20(22(25)26-8)18(24)11-12-23(21,7)14-27-19/h11-12,15-17,19-21H,10,14H2,1-8H3/t19-,20-,21+,23-/m0/s1. The highest BCUT2D eigenvalue weighted by atomic mass is 28.3. The Morgan fingerprint density at radius 3 is 2.32 bits per heavy atom. The number of allylic oxidation sites excluding steroid dienone is 1. The molecule has 156 valence electrons. The summed E-state index contributed by atoms with van der Waals surface area (Å²) in [5, 5.41) is 0. The molecule has 2 aliphatic rings. The van der Waals surface area contributed by atoms with Crippen molar-refractivity contribution in [3.8, 4) is 11.5 Å². The fourth-order valence-electron chi connectivity index (χ4n) is 5.53. The van der Waals surface area contributed by atoms with Crippen molar-refractivity contribution in [2.45, 2.75) is 77.6 Å². The average Bonchev–Trinajstić information content (AvgIpc) is 2.94. The Morgan fingerprint density at radius 1 is 1.25 bits per heavy atom. The molecule has 0 bridgehead atoms. The number of rotatable bonds is 5. The first-order valence-electron chi connectivity index (χ1n) is 10.4. The number of carbonyl (C=O) groups excluding carboxylic acids is 2. The van der Waals surface area contributed by atoms with Crippen molar-refractivity contribution in [2.75, 3.05) is 13.7 Å². The van der Waals surface area contributed by atoms with E-state index in [2.05, 4.69) is 59.9 Å². The second-order valence-electron chi connectivity index (χ2n) is 9.52. The Kier molecular flexibility index (Phi) is 6.99. The number of ether oxygens (including phenoxy) is 2. The van der Waals surface area contributed by atoms with Crippen LogP contribution in [0.5, 0.6) is 0 Å². The molecule has 5 heteroatoms. The smallest absolute Gasteiger partial charge is 0.316 e. The van der Waals surface area contributed by atoms with Crippen LogP contribution in [0.25, 0.3) is 0 Å². The van der Waals surface area contributed by atoms with Crippen molar-refractivity contribution in [1.82, 2.24) is 0 Å². The lowest BCUT2D eigenvalue weighted by Gasteiger charge is -2.38. The predicted molar refractivity (Wildman–Crippen MR) is 114 cm³/mol. The number of carbonyl (C=O) groups is 2. The van der Waals surface area contributed by atoms with E-state index in [0.717, 1.165) is 0 Å². The molecule has 0 saturated carbocycles. The summed E-state index contributed by atoms with van der Waals surface area (Å²) < 4.78 is 11.0. The van der Waals surface area contributed by atoms with Crippen LogP contribution in [-0.4, -0.2) is 39.6 Å². The molecule has 2 rings (SSSR count). The molecule has 0 N–H and O–H groups in total. The van der Waals surface area contributed by atoms with E-state index in [-0.39, 0.29) is 23.2 Å². The van der Waals surface area contributed by atoms with Gasteiger partial charge in [-0.3, -0.25) is 9.59 Å². The van der Waals surface area contributed by atoms with E-state index in [1.165, 1.54) is 13.2 Å². The highest BCUT2D eigenvalue weighted by Crippen LogP contribution is 2.48. The van der Waals surface area contributed by atoms with Crippen LogP contribution in [0.2, 0.25) is 16.6 Å². The first-order chi connectivity index (χ1) is 13.0. The molecule has 0 amide bonds. The third-order valence-corrected chi connectivity index (χ3v) is 13.3. The van der Waals surface area contributed by atoms with Gasteiger partial charge < -0.3 is 9.47 Å². The summed E-state index contributed by atoms with van der Waals surface area (Å²) in [6.45, 7) is 16.3. The fourth-order valence-corrected chi connectivity index (χ4v) is 10.8. The lowest BCUT2D eigenvalue weighted by molar-refractivity contribution is -0.153. The van der Waals surface area contributed by atoms with Crippen LogP contribution < -0.4 is 0 Å². The van der Waals surface area contributed by atoms with Crippen LogP contribution in [0.3, 0.4) is 0 Å².